The topological polar surface area (TPSA) is 27.7 Å². The van der Waals surface area contributed by atoms with E-state index in [0.717, 1.165) is 4.60 Å². The van der Waals surface area contributed by atoms with E-state index in [1.807, 2.05) is 0 Å². The second-order valence-electron chi connectivity index (χ2n) is 2.28. The van der Waals surface area contributed by atoms with Gasteiger partial charge in [0, 0.05) is 15.4 Å². The first-order chi connectivity index (χ1) is 6.50. The Labute approximate surface area is 85.1 Å². The maximum Gasteiger partial charge on any atom is 0.436 e. The lowest BCUT2D eigenvalue weighted by Gasteiger charge is -2.40. The van der Waals surface area contributed by atoms with Gasteiger partial charge in [-0.2, -0.15) is 13.2 Å². The summed E-state index contributed by atoms with van der Waals surface area (Å²) in [5.41, 5.74) is 0. The van der Waals surface area contributed by atoms with Crippen LogP contribution in [0.4, 0.5) is 13.2 Å². The van der Waals surface area contributed by atoms with E-state index < -0.39 is 14.1 Å². The predicted octanol–water partition coefficient (Wildman–Crippen LogP) is 2.62. The highest BCUT2D eigenvalue weighted by Gasteiger charge is 2.50. The fourth-order valence-electron chi connectivity index (χ4n) is 0.906. The number of rotatable bonds is 2. The first kappa shape index (κ1) is 13.0. The molecule has 0 saturated carbocycles. The summed E-state index contributed by atoms with van der Waals surface area (Å²) in [5.74, 6) is -4.22. The largest absolute Gasteiger partial charge is 0.436 e. The minimum atomic E-state index is -4.22. The van der Waals surface area contributed by atoms with Crippen molar-refractivity contribution in [2.24, 2.45) is 0 Å². The van der Waals surface area contributed by atoms with Gasteiger partial charge in [0.25, 0.3) is 0 Å². The third-order valence-electron chi connectivity index (χ3n) is 1.44. The van der Waals surface area contributed by atoms with Gasteiger partial charge in [0.05, 0.1) is 16.0 Å². The Morgan fingerprint density at radius 3 is 2.50 bits per heavy atom. The average Bonchev–Trinajstić information content (AvgIpc) is 2.15. The fourth-order valence-corrected chi connectivity index (χ4v) is 6.53. The number of halogens is 3. The van der Waals surface area contributed by atoms with Crippen molar-refractivity contribution in [1.82, 2.24) is 13.9 Å². The third kappa shape index (κ3) is 2.96. The lowest BCUT2D eigenvalue weighted by atomic mass is 10.8. The standard InChI is InChI=1S/C4H11F3N3OP3/c1-3-9-12-8-13-10(11-2)14(9)4(5,6)7/h8,12-13H,3H2,1-2H3. The number of nitrogens with zero attached hydrogens (tertiary/aromatic N) is 2. The van der Waals surface area contributed by atoms with Crippen molar-refractivity contribution in [1.29, 1.82) is 0 Å². The van der Waals surface area contributed by atoms with E-state index in [1.165, 1.54) is 11.6 Å². The molecule has 1 aliphatic rings. The number of nitrogens with one attached hydrogen (secondary N) is 1. The molecule has 1 rings (SSSR count). The predicted molar refractivity (Wildman–Crippen MR) is 54.0 cm³/mol. The van der Waals surface area contributed by atoms with Crippen molar-refractivity contribution in [3.63, 3.8) is 0 Å². The molecule has 0 aromatic carbocycles. The van der Waals surface area contributed by atoms with Crippen molar-refractivity contribution in [3.05, 3.63) is 0 Å². The molecule has 1 fully saturated rings. The molecule has 1 aliphatic heterocycles. The molecule has 1 saturated heterocycles. The summed E-state index contributed by atoms with van der Waals surface area (Å²) in [6.45, 7) is 2.07. The van der Waals surface area contributed by atoms with Gasteiger partial charge in [-0.05, 0) is 0 Å². The molecule has 0 spiro atoms. The molecule has 14 heavy (non-hydrogen) atoms. The van der Waals surface area contributed by atoms with Crippen molar-refractivity contribution < 1.29 is 18.0 Å². The van der Waals surface area contributed by atoms with Crippen LogP contribution in [-0.4, -0.2) is 28.6 Å². The summed E-state index contributed by atoms with van der Waals surface area (Å²) in [5, 5.41) is 0. The molecule has 10 heteroatoms. The Morgan fingerprint density at radius 2 is 2.07 bits per heavy atom. The highest BCUT2D eigenvalue weighted by Crippen LogP contribution is 2.67. The zero-order chi connectivity index (χ0) is 10.8. The smallest absolute Gasteiger partial charge is 0.292 e. The van der Waals surface area contributed by atoms with Crippen LogP contribution in [0.3, 0.4) is 0 Å². The zero-order valence-corrected chi connectivity index (χ0v) is 10.5. The van der Waals surface area contributed by atoms with Gasteiger partial charge in [-0.3, -0.25) is 9.70 Å². The van der Waals surface area contributed by atoms with Gasteiger partial charge in [0.1, 0.15) is 0 Å². The monoisotopic (exact) mass is 267 g/mol. The van der Waals surface area contributed by atoms with Crippen LogP contribution >= 0.6 is 26.0 Å². The van der Waals surface area contributed by atoms with Gasteiger partial charge in [-0.25, -0.2) is 4.44 Å². The van der Waals surface area contributed by atoms with Gasteiger partial charge >= 0.3 is 5.92 Å². The summed E-state index contributed by atoms with van der Waals surface area (Å²) >= 11 is 0. The van der Waals surface area contributed by atoms with Gasteiger partial charge in [-0.1, -0.05) is 6.92 Å². The zero-order valence-electron chi connectivity index (χ0n) is 7.59. The van der Waals surface area contributed by atoms with Crippen LogP contribution in [0.5, 0.6) is 0 Å². The van der Waals surface area contributed by atoms with Gasteiger partial charge in [0.15, 0.2) is 8.22 Å². The Hall–Kier alpha value is 0.920. The molecule has 0 aliphatic carbocycles. The van der Waals surface area contributed by atoms with Gasteiger partial charge < -0.3 is 0 Å². The van der Waals surface area contributed by atoms with E-state index in [9.17, 15) is 13.2 Å². The summed E-state index contributed by atoms with van der Waals surface area (Å²) in [4.78, 5) is 7.60. The average molecular weight is 267 g/mol. The quantitative estimate of drug-likeness (QED) is 0.778. The van der Waals surface area contributed by atoms with Crippen LogP contribution in [0.15, 0.2) is 0 Å². The van der Waals surface area contributed by atoms with Crippen LogP contribution in [-0.2, 0) is 4.84 Å². The first-order valence-corrected chi connectivity index (χ1v) is 6.89. The van der Waals surface area contributed by atoms with Crippen LogP contribution in [0.2, 0.25) is 0 Å². The molecular formula is C4H11F3N3OP3. The minimum absolute atomic E-state index is 0.0185. The number of hydrogen-bond donors (Lipinski definition) is 1. The summed E-state index contributed by atoms with van der Waals surface area (Å²) < 4.78 is 40.3. The Kier molecular flexibility index (Phi) is 4.93. The highest BCUT2D eigenvalue weighted by atomic mass is 31.2. The minimum Gasteiger partial charge on any atom is -0.292 e. The molecule has 4 nitrogen and oxygen atoms in total. The molecule has 3 unspecified atom stereocenters. The molecular weight excluding hydrogens is 256 g/mol. The van der Waals surface area contributed by atoms with Crippen LogP contribution in [0, 0.1) is 0 Å². The van der Waals surface area contributed by atoms with Crippen molar-refractivity contribution in [2.45, 2.75) is 12.8 Å². The lowest BCUT2D eigenvalue weighted by molar-refractivity contribution is -0.0638. The van der Waals surface area contributed by atoms with E-state index in [0.29, 0.717) is 6.54 Å². The van der Waals surface area contributed by atoms with E-state index in [-0.39, 0.29) is 17.8 Å². The molecule has 0 aromatic heterocycles. The molecule has 0 amide bonds. The van der Waals surface area contributed by atoms with E-state index in [4.69, 9.17) is 4.84 Å². The molecule has 1 N–H and O–H groups in total. The van der Waals surface area contributed by atoms with Crippen molar-refractivity contribution >= 4 is 26.0 Å². The molecule has 1 heterocycles. The van der Waals surface area contributed by atoms with Gasteiger partial charge in [-0.15, -0.1) is 4.60 Å². The second kappa shape index (κ2) is 5.31. The summed E-state index contributed by atoms with van der Waals surface area (Å²) in [6, 6.07) is 0. The number of alkyl halides is 3. The van der Waals surface area contributed by atoms with Crippen LogP contribution < -0.4 is 4.86 Å². The summed E-state index contributed by atoms with van der Waals surface area (Å²) in [6.07, 6.45) is 0. The third-order valence-corrected chi connectivity index (χ3v) is 6.72. The van der Waals surface area contributed by atoms with Crippen molar-refractivity contribution in [2.75, 3.05) is 13.7 Å². The molecule has 3 atom stereocenters. The molecule has 0 aromatic rings. The second-order valence-corrected chi connectivity index (χ2v) is 7.36. The Bertz CT molecular complexity index is 182. The van der Waals surface area contributed by atoms with Crippen LogP contribution in [0.25, 0.3) is 0 Å². The van der Waals surface area contributed by atoms with Gasteiger partial charge in [0.2, 0.25) is 0 Å². The Morgan fingerprint density at radius 1 is 1.43 bits per heavy atom. The molecule has 0 bridgehead atoms. The first-order valence-electron chi connectivity index (χ1n) is 3.75. The Balaban J connectivity index is 2.78. The molecule has 84 valence electrons. The highest BCUT2D eigenvalue weighted by molar-refractivity contribution is 7.73. The maximum absolute atomic E-state index is 12.7. The fraction of sp³-hybridized carbons (Fsp3) is 1.00. The normalized spacial score (nSPS) is 30.2. The maximum atomic E-state index is 12.7. The van der Waals surface area contributed by atoms with E-state index >= 15 is 0 Å². The SMILES string of the molecule is CCN1PNPN(OC)P1C(F)(F)F. The number of hydrogen-bond acceptors (Lipinski definition) is 4. The lowest BCUT2D eigenvalue weighted by Crippen LogP contribution is -2.32. The van der Waals surface area contributed by atoms with Crippen molar-refractivity contribution in [3.8, 4) is 0 Å². The van der Waals surface area contributed by atoms with Crippen LogP contribution in [0.1, 0.15) is 6.92 Å². The molecule has 0 radical (unpaired) electrons. The van der Waals surface area contributed by atoms with E-state index in [2.05, 4.69) is 4.86 Å². The summed E-state index contributed by atoms with van der Waals surface area (Å²) in [7, 11) is -1.18. The van der Waals surface area contributed by atoms with E-state index in [1.54, 1.807) is 6.92 Å².